The predicted molar refractivity (Wildman–Crippen MR) is 341 cm³/mol. The summed E-state index contributed by atoms with van der Waals surface area (Å²) in [6, 6.07) is 120. The van der Waals surface area contributed by atoms with Gasteiger partial charge in [-0.05, 0) is 173 Å². The van der Waals surface area contributed by atoms with Crippen molar-refractivity contribution in [2.45, 2.75) is 0 Å². The summed E-state index contributed by atoms with van der Waals surface area (Å²) in [5.74, 6) is 0. The van der Waals surface area contributed by atoms with Gasteiger partial charge in [-0.25, -0.2) is 0 Å². The molecule has 0 N–H and O–H groups in total. The van der Waals surface area contributed by atoms with Crippen LogP contribution in [0.1, 0.15) is 0 Å². The zero-order chi connectivity index (χ0) is 53.2. The third-order valence-corrected chi connectivity index (χ3v) is 15.6. The molecule has 14 aromatic carbocycles. The van der Waals surface area contributed by atoms with Gasteiger partial charge in [0.25, 0.3) is 0 Å². The topological polar surface area (TPSA) is 6.48 Å². The highest BCUT2D eigenvalue weighted by Crippen LogP contribution is 2.48. The van der Waals surface area contributed by atoms with Crippen molar-refractivity contribution in [1.82, 2.24) is 0 Å². The van der Waals surface area contributed by atoms with E-state index in [1.807, 2.05) is 0 Å². The summed E-state index contributed by atoms with van der Waals surface area (Å²) < 4.78 is 0. The van der Waals surface area contributed by atoms with Crippen LogP contribution in [-0.4, -0.2) is 0 Å². The number of anilines is 6. The van der Waals surface area contributed by atoms with Gasteiger partial charge in [0.05, 0.1) is 11.4 Å². The largest absolute Gasteiger partial charge is 0.310 e. The van der Waals surface area contributed by atoms with Crippen molar-refractivity contribution in [3.8, 4) is 66.8 Å². The highest BCUT2D eigenvalue weighted by molar-refractivity contribution is 6.04. The Kier molecular flexibility index (Phi) is 12.6. The minimum absolute atomic E-state index is 1.07. The fourth-order valence-corrected chi connectivity index (χ4v) is 11.5. The molecule has 0 fully saturated rings. The van der Waals surface area contributed by atoms with Gasteiger partial charge in [-0.15, -0.1) is 0 Å². The smallest absolute Gasteiger partial charge is 0.0546 e. The molecule has 14 rings (SSSR count). The quantitative estimate of drug-likeness (QED) is 0.120. The van der Waals surface area contributed by atoms with Crippen LogP contribution in [0.15, 0.2) is 328 Å². The maximum Gasteiger partial charge on any atom is 0.0546 e. The minimum Gasteiger partial charge on any atom is -0.310 e. The summed E-state index contributed by atoms with van der Waals surface area (Å²) in [4.78, 5) is 4.88. The van der Waals surface area contributed by atoms with Crippen LogP contribution in [0.5, 0.6) is 0 Å². The Bertz CT molecular complexity index is 4170. The Balaban J connectivity index is 0.962. The van der Waals surface area contributed by atoms with Gasteiger partial charge >= 0.3 is 0 Å². The average molecular weight is 1020 g/mol. The number of nitrogens with zero attached hydrogens (tertiary/aromatic N) is 2. The molecule has 2 heteroatoms. The molecule has 0 aliphatic heterocycles. The molecule has 0 amide bonds. The van der Waals surface area contributed by atoms with E-state index in [1.54, 1.807) is 0 Å². The van der Waals surface area contributed by atoms with E-state index in [0.29, 0.717) is 0 Å². The monoisotopic (exact) mass is 1020 g/mol. The van der Waals surface area contributed by atoms with E-state index >= 15 is 0 Å². The van der Waals surface area contributed by atoms with Crippen molar-refractivity contribution >= 4 is 66.4 Å². The third-order valence-electron chi connectivity index (χ3n) is 15.6. The van der Waals surface area contributed by atoms with Gasteiger partial charge in [0.2, 0.25) is 0 Å². The molecule has 0 heterocycles. The second kappa shape index (κ2) is 21.1. The molecule has 0 saturated carbocycles. The lowest BCUT2D eigenvalue weighted by molar-refractivity contribution is 1.28. The van der Waals surface area contributed by atoms with Crippen molar-refractivity contribution in [2.24, 2.45) is 0 Å². The Hall–Kier alpha value is -10.5. The first kappa shape index (κ1) is 47.9. The Morgan fingerprint density at radius 3 is 0.725 bits per heavy atom. The molecule has 80 heavy (non-hydrogen) atoms. The Morgan fingerprint density at radius 2 is 0.400 bits per heavy atom. The summed E-state index contributed by atoms with van der Waals surface area (Å²) in [6.45, 7) is 0. The van der Waals surface area contributed by atoms with E-state index in [1.165, 1.54) is 66.1 Å². The predicted octanol–water partition coefficient (Wildman–Crippen LogP) is 22.1. The van der Waals surface area contributed by atoms with Crippen LogP contribution >= 0.6 is 0 Å². The minimum atomic E-state index is 1.07. The van der Waals surface area contributed by atoms with Crippen LogP contribution < -0.4 is 9.80 Å². The first-order valence-corrected chi connectivity index (χ1v) is 27.5. The van der Waals surface area contributed by atoms with Gasteiger partial charge < -0.3 is 9.80 Å². The van der Waals surface area contributed by atoms with Gasteiger partial charge in [-0.3, -0.25) is 0 Å². The van der Waals surface area contributed by atoms with Crippen molar-refractivity contribution in [3.63, 3.8) is 0 Å². The van der Waals surface area contributed by atoms with Crippen LogP contribution in [-0.2, 0) is 0 Å². The van der Waals surface area contributed by atoms with E-state index < -0.39 is 0 Å². The number of hydrogen-bond acceptors (Lipinski definition) is 2. The van der Waals surface area contributed by atoms with Gasteiger partial charge in [0.15, 0.2) is 0 Å². The zero-order valence-corrected chi connectivity index (χ0v) is 44.1. The summed E-state index contributed by atoms with van der Waals surface area (Å²) >= 11 is 0. The molecule has 14 aromatic rings. The normalized spacial score (nSPS) is 11.2. The standard InChI is InChI=1S/C78H54N2/c1-5-17-55(18-6-1)59-33-41-71(42-34-59)79(73-45-37-61(38-46-73)67-31-29-57-21-13-15-27-65(57)49-67)77-53-69-52-76(64-25-11-4-12-26-64)78(54-70(69)51-75(77)63-23-9-3-10-24-63)80(72-43-35-60(36-44-72)56-19-7-2-8-20-56)74-47-39-62(40-48-74)68-32-30-58-22-14-16-28-66(58)50-68/h1-54H. The van der Waals surface area contributed by atoms with Gasteiger partial charge in [0, 0.05) is 33.9 Å². The van der Waals surface area contributed by atoms with Crippen molar-refractivity contribution in [1.29, 1.82) is 0 Å². The molecule has 0 bridgehead atoms. The highest BCUT2D eigenvalue weighted by Gasteiger charge is 2.23. The zero-order valence-electron chi connectivity index (χ0n) is 44.1. The maximum atomic E-state index is 2.44. The van der Waals surface area contributed by atoms with E-state index in [9.17, 15) is 0 Å². The first-order chi connectivity index (χ1) is 39.6. The average Bonchev–Trinajstić information content (AvgIpc) is 3.56. The van der Waals surface area contributed by atoms with Gasteiger partial charge in [-0.1, -0.05) is 243 Å². The second-order valence-corrected chi connectivity index (χ2v) is 20.5. The molecule has 376 valence electrons. The fourth-order valence-electron chi connectivity index (χ4n) is 11.5. The van der Waals surface area contributed by atoms with Gasteiger partial charge in [-0.2, -0.15) is 0 Å². The third kappa shape index (κ3) is 9.46. The highest BCUT2D eigenvalue weighted by atomic mass is 15.2. The van der Waals surface area contributed by atoms with E-state index in [4.69, 9.17) is 0 Å². The van der Waals surface area contributed by atoms with Crippen molar-refractivity contribution in [3.05, 3.63) is 328 Å². The Labute approximate surface area is 468 Å². The summed E-state index contributed by atoms with van der Waals surface area (Å²) in [7, 11) is 0. The van der Waals surface area contributed by atoms with Crippen molar-refractivity contribution in [2.75, 3.05) is 9.80 Å². The lowest BCUT2D eigenvalue weighted by atomic mass is 9.93. The molecule has 0 atom stereocenters. The molecule has 0 radical (unpaired) electrons. The molecular weight excluding hydrogens is 965 g/mol. The molecule has 2 nitrogen and oxygen atoms in total. The molecule has 0 aliphatic rings. The molecule has 0 saturated heterocycles. The van der Waals surface area contributed by atoms with Gasteiger partial charge in [0.1, 0.15) is 0 Å². The summed E-state index contributed by atoms with van der Waals surface area (Å²) in [5, 5.41) is 7.20. The van der Waals surface area contributed by atoms with E-state index in [0.717, 1.165) is 67.2 Å². The molecule has 0 aliphatic carbocycles. The van der Waals surface area contributed by atoms with Crippen LogP contribution in [0.4, 0.5) is 34.1 Å². The molecule has 0 unspecified atom stereocenters. The SMILES string of the molecule is c1ccc(-c2ccc(N(c3ccc(-c4ccc5ccccc5c4)cc3)c3cc4cc(-c5ccccc5)c(N(c5ccc(-c6ccccc6)cc5)c5ccc(-c6ccc7ccccc7c6)cc5)cc4cc3-c3ccccc3)cc2)cc1. The summed E-state index contributed by atoms with van der Waals surface area (Å²) in [5.41, 5.74) is 20.4. The van der Waals surface area contributed by atoms with Crippen LogP contribution in [0.25, 0.3) is 99.1 Å². The fraction of sp³-hybridized carbons (Fsp3) is 0. The maximum absolute atomic E-state index is 2.44. The lowest BCUT2D eigenvalue weighted by Crippen LogP contribution is -2.12. The second-order valence-electron chi connectivity index (χ2n) is 20.5. The number of hydrogen-bond donors (Lipinski definition) is 0. The number of benzene rings is 14. The van der Waals surface area contributed by atoms with E-state index in [-0.39, 0.29) is 0 Å². The first-order valence-electron chi connectivity index (χ1n) is 27.5. The summed E-state index contributed by atoms with van der Waals surface area (Å²) in [6.07, 6.45) is 0. The number of fused-ring (bicyclic) bond motifs is 3. The van der Waals surface area contributed by atoms with Crippen LogP contribution in [0, 0.1) is 0 Å². The lowest BCUT2D eigenvalue weighted by Gasteiger charge is -2.30. The molecule has 0 aromatic heterocycles. The van der Waals surface area contributed by atoms with E-state index in [2.05, 4.69) is 337 Å². The number of rotatable bonds is 12. The van der Waals surface area contributed by atoms with Crippen LogP contribution in [0.2, 0.25) is 0 Å². The van der Waals surface area contributed by atoms with Crippen molar-refractivity contribution < 1.29 is 0 Å². The molecular formula is C78H54N2. The Morgan fingerprint density at radius 1 is 0.150 bits per heavy atom. The van der Waals surface area contributed by atoms with Crippen LogP contribution in [0.3, 0.4) is 0 Å². The molecule has 0 spiro atoms.